The monoisotopic (exact) mass is 288 g/mol. The highest BCUT2D eigenvalue weighted by Crippen LogP contribution is 2.23. The molecule has 1 aliphatic rings. The molecule has 0 amide bonds. The quantitative estimate of drug-likeness (QED) is 0.531. The van der Waals surface area contributed by atoms with Crippen molar-refractivity contribution in [3.8, 4) is 0 Å². The summed E-state index contributed by atoms with van der Waals surface area (Å²) >= 11 is 0. The lowest BCUT2D eigenvalue weighted by atomic mass is 10.2. The van der Waals surface area contributed by atoms with E-state index in [1.54, 1.807) is 0 Å². The Labute approximate surface area is 128 Å². The molecular formula is C17H28N4. The van der Waals surface area contributed by atoms with E-state index in [0.29, 0.717) is 6.04 Å². The largest absolute Gasteiger partial charge is 0.311 e. The highest BCUT2D eigenvalue weighted by atomic mass is 15.0. The number of hydrogen-bond donors (Lipinski definition) is 1. The molecule has 1 saturated carbocycles. The summed E-state index contributed by atoms with van der Waals surface area (Å²) in [6, 6.07) is 4.74. The van der Waals surface area contributed by atoms with Gasteiger partial charge in [-0.1, -0.05) is 6.42 Å². The summed E-state index contributed by atoms with van der Waals surface area (Å²) < 4.78 is 0. The van der Waals surface area contributed by atoms with E-state index >= 15 is 0 Å². The van der Waals surface area contributed by atoms with Gasteiger partial charge in [-0.3, -0.25) is 9.98 Å². The van der Waals surface area contributed by atoms with Gasteiger partial charge in [0.15, 0.2) is 0 Å². The summed E-state index contributed by atoms with van der Waals surface area (Å²) in [6.07, 6.45) is 10.2. The summed E-state index contributed by atoms with van der Waals surface area (Å²) in [5, 5.41) is 3.47. The van der Waals surface area contributed by atoms with Gasteiger partial charge >= 0.3 is 0 Å². The van der Waals surface area contributed by atoms with E-state index in [1.807, 2.05) is 18.5 Å². The predicted octanol–water partition coefficient (Wildman–Crippen LogP) is 2.48. The third-order valence-electron chi connectivity index (χ3n) is 3.59. The fourth-order valence-corrected chi connectivity index (χ4v) is 2.16. The molecule has 1 aromatic rings. The summed E-state index contributed by atoms with van der Waals surface area (Å²) in [4.78, 5) is 11.2. The van der Waals surface area contributed by atoms with Crippen LogP contribution in [0.2, 0.25) is 0 Å². The third-order valence-corrected chi connectivity index (χ3v) is 3.59. The molecule has 0 atom stereocenters. The van der Waals surface area contributed by atoms with Crippen LogP contribution in [0.15, 0.2) is 23.3 Å². The molecule has 1 aromatic heterocycles. The highest BCUT2D eigenvalue weighted by Gasteiger charge is 2.18. The normalized spacial score (nSPS) is 15.2. The Morgan fingerprint density at radius 1 is 1.33 bits per heavy atom. The van der Waals surface area contributed by atoms with Crippen molar-refractivity contribution in [3.05, 3.63) is 29.6 Å². The van der Waals surface area contributed by atoms with Crippen LogP contribution in [0.3, 0.4) is 0 Å². The average molecular weight is 288 g/mol. The molecule has 0 radical (unpaired) electrons. The Balaban J connectivity index is 1.60. The van der Waals surface area contributed by atoms with Gasteiger partial charge in [-0.05, 0) is 70.6 Å². The van der Waals surface area contributed by atoms with Crippen LogP contribution < -0.4 is 5.32 Å². The number of aromatic nitrogens is 1. The molecule has 0 bridgehead atoms. The number of pyridine rings is 1. The Kier molecular flexibility index (Phi) is 6.83. The van der Waals surface area contributed by atoms with Gasteiger partial charge in [0.2, 0.25) is 0 Å². The molecule has 0 unspecified atom stereocenters. The molecule has 1 fully saturated rings. The first-order valence-corrected chi connectivity index (χ1v) is 8.07. The fraction of sp³-hybridized carbons (Fsp3) is 0.647. The molecule has 1 N–H and O–H groups in total. The Hall–Kier alpha value is -1.26. The van der Waals surface area contributed by atoms with E-state index in [0.717, 1.165) is 18.8 Å². The first-order chi connectivity index (χ1) is 10.2. The van der Waals surface area contributed by atoms with E-state index in [-0.39, 0.29) is 0 Å². The lowest BCUT2D eigenvalue weighted by Crippen LogP contribution is -2.17. The zero-order valence-corrected chi connectivity index (χ0v) is 13.4. The summed E-state index contributed by atoms with van der Waals surface area (Å²) in [6.45, 7) is 3.10. The van der Waals surface area contributed by atoms with Gasteiger partial charge in [-0.15, -0.1) is 0 Å². The van der Waals surface area contributed by atoms with Crippen molar-refractivity contribution in [3.63, 3.8) is 0 Å². The van der Waals surface area contributed by atoms with Crippen LogP contribution in [0, 0.1) is 0 Å². The van der Waals surface area contributed by atoms with Crippen LogP contribution in [0.5, 0.6) is 0 Å². The van der Waals surface area contributed by atoms with E-state index in [2.05, 4.69) is 40.4 Å². The number of hydrogen-bond acceptors (Lipinski definition) is 4. The third kappa shape index (κ3) is 7.34. The van der Waals surface area contributed by atoms with Crippen LogP contribution in [0.4, 0.5) is 0 Å². The topological polar surface area (TPSA) is 40.5 Å². The van der Waals surface area contributed by atoms with Gasteiger partial charge in [0.1, 0.15) is 0 Å². The van der Waals surface area contributed by atoms with Crippen molar-refractivity contribution in [1.29, 1.82) is 0 Å². The standard InChI is InChI=1S/C17H28N4/c1-21(2)11-5-3-4-9-18-14-17-12-15(8-10-19-17)13-20-16-6-7-16/h8,10,12-13,16,18H,3-7,9,11,14H2,1-2H3/b20-13+. The van der Waals surface area contributed by atoms with Crippen LogP contribution in [0.1, 0.15) is 43.4 Å². The molecule has 21 heavy (non-hydrogen) atoms. The molecule has 4 heteroatoms. The van der Waals surface area contributed by atoms with Crippen molar-refractivity contribution in [2.45, 2.75) is 44.7 Å². The summed E-state index contributed by atoms with van der Waals surface area (Å²) in [5.41, 5.74) is 2.27. The van der Waals surface area contributed by atoms with Crippen LogP contribution >= 0.6 is 0 Å². The molecule has 0 spiro atoms. The van der Waals surface area contributed by atoms with Crippen LogP contribution in [0.25, 0.3) is 0 Å². The number of rotatable bonds is 10. The minimum absolute atomic E-state index is 0.585. The second kappa shape index (κ2) is 8.90. The molecular weight excluding hydrogens is 260 g/mol. The molecule has 116 valence electrons. The average Bonchev–Trinajstić information content (AvgIpc) is 3.28. The molecule has 0 saturated heterocycles. The summed E-state index contributed by atoms with van der Waals surface area (Å²) in [7, 11) is 4.26. The van der Waals surface area contributed by atoms with Crippen molar-refractivity contribution < 1.29 is 0 Å². The van der Waals surface area contributed by atoms with E-state index in [1.165, 1.54) is 44.2 Å². The van der Waals surface area contributed by atoms with Crippen molar-refractivity contribution in [1.82, 2.24) is 15.2 Å². The first kappa shape index (κ1) is 16.1. The second-order valence-corrected chi connectivity index (χ2v) is 6.13. The van der Waals surface area contributed by atoms with Gasteiger partial charge in [-0.25, -0.2) is 0 Å². The zero-order valence-electron chi connectivity index (χ0n) is 13.4. The molecule has 1 aliphatic carbocycles. The minimum Gasteiger partial charge on any atom is -0.311 e. The van der Waals surface area contributed by atoms with Gasteiger partial charge in [0, 0.05) is 19.0 Å². The molecule has 1 heterocycles. The van der Waals surface area contributed by atoms with Crippen LogP contribution in [-0.2, 0) is 6.54 Å². The Morgan fingerprint density at radius 3 is 2.95 bits per heavy atom. The Bertz CT molecular complexity index is 438. The smallest absolute Gasteiger partial charge is 0.0548 e. The lowest BCUT2D eigenvalue weighted by molar-refractivity contribution is 0.390. The van der Waals surface area contributed by atoms with Gasteiger partial charge in [0.25, 0.3) is 0 Å². The maximum absolute atomic E-state index is 4.51. The zero-order chi connectivity index (χ0) is 14.9. The van der Waals surface area contributed by atoms with Gasteiger partial charge < -0.3 is 10.2 Å². The number of nitrogens with one attached hydrogen (secondary N) is 1. The SMILES string of the molecule is CN(C)CCCCCNCc1cc(/C=N/C2CC2)ccn1. The van der Waals surface area contributed by atoms with Crippen LogP contribution in [-0.4, -0.2) is 49.3 Å². The number of unbranched alkanes of at least 4 members (excludes halogenated alkanes) is 2. The van der Waals surface area contributed by atoms with E-state index < -0.39 is 0 Å². The minimum atomic E-state index is 0.585. The predicted molar refractivity (Wildman–Crippen MR) is 89.0 cm³/mol. The second-order valence-electron chi connectivity index (χ2n) is 6.13. The number of nitrogens with zero attached hydrogens (tertiary/aromatic N) is 3. The maximum Gasteiger partial charge on any atom is 0.0548 e. The molecule has 2 rings (SSSR count). The van der Waals surface area contributed by atoms with Crippen molar-refractivity contribution in [2.75, 3.05) is 27.2 Å². The molecule has 4 nitrogen and oxygen atoms in total. The summed E-state index contributed by atoms with van der Waals surface area (Å²) in [5.74, 6) is 0. The molecule has 0 aliphatic heterocycles. The maximum atomic E-state index is 4.51. The van der Waals surface area contributed by atoms with Crippen molar-refractivity contribution in [2.24, 2.45) is 4.99 Å². The van der Waals surface area contributed by atoms with E-state index in [4.69, 9.17) is 0 Å². The number of aliphatic imine (C=N–C) groups is 1. The Morgan fingerprint density at radius 2 is 2.19 bits per heavy atom. The van der Waals surface area contributed by atoms with Gasteiger partial charge in [-0.2, -0.15) is 0 Å². The van der Waals surface area contributed by atoms with Gasteiger partial charge in [0.05, 0.1) is 11.7 Å². The first-order valence-electron chi connectivity index (χ1n) is 8.07. The fourth-order valence-electron chi connectivity index (χ4n) is 2.16. The van der Waals surface area contributed by atoms with E-state index in [9.17, 15) is 0 Å². The molecule has 0 aromatic carbocycles. The highest BCUT2D eigenvalue weighted by molar-refractivity contribution is 5.79. The van der Waals surface area contributed by atoms with Crippen molar-refractivity contribution >= 4 is 6.21 Å². The lowest BCUT2D eigenvalue weighted by Gasteiger charge is -2.09.